The molecule has 2 aromatic rings. The molecule has 0 radical (unpaired) electrons. The van der Waals surface area contributed by atoms with E-state index in [0.717, 1.165) is 22.8 Å². The molecule has 0 aliphatic carbocycles. The SMILES string of the molecule is [CH2-]CC([CH2-])/C(=C\C)Nc1nn2c(c1C)CN(C(=O)Nc1ccc(F)c(Cl)c1)C(C)C2.[U+2]. The molecule has 6 nitrogen and oxygen atoms in total. The molecule has 0 saturated carbocycles. The Morgan fingerprint density at radius 3 is 2.77 bits per heavy atom. The third-order valence-electron chi connectivity index (χ3n) is 5.40. The van der Waals surface area contributed by atoms with Gasteiger partial charge in [-0.05, 0) is 44.7 Å². The van der Waals surface area contributed by atoms with E-state index in [1.165, 1.54) is 18.2 Å². The number of amides is 2. The molecule has 0 bridgehead atoms. The molecule has 31 heavy (non-hydrogen) atoms. The predicted octanol–water partition coefficient (Wildman–Crippen LogP) is 5.41. The zero-order valence-corrected chi connectivity index (χ0v) is 22.9. The number of hydrogen-bond acceptors (Lipinski definition) is 3. The molecule has 2 unspecified atom stereocenters. The van der Waals surface area contributed by atoms with Crippen molar-refractivity contribution in [2.45, 2.75) is 46.3 Å². The minimum atomic E-state index is -0.524. The molecular weight excluding hydrogens is 643 g/mol. The molecule has 2 atom stereocenters. The van der Waals surface area contributed by atoms with Crippen molar-refractivity contribution >= 4 is 29.1 Å². The zero-order chi connectivity index (χ0) is 22.0. The van der Waals surface area contributed by atoms with Crippen molar-refractivity contribution < 1.29 is 40.3 Å². The summed E-state index contributed by atoms with van der Waals surface area (Å²) in [4.78, 5) is 14.6. The van der Waals surface area contributed by atoms with Crippen LogP contribution in [0.4, 0.5) is 20.7 Å². The Hall–Kier alpha value is -1.49. The van der Waals surface area contributed by atoms with E-state index in [1.54, 1.807) is 4.90 Å². The second-order valence-corrected chi connectivity index (χ2v) is 7.90. The predicted molar refractivity (Wildman–Crippen MR) is 119 cm³/mol. The Kier molecular flexibility index (Phi) is 9.05. The van der Waals surface area contributed by atoms with Crippen LogP contribution in [0.25, 0.3) is 0 Å². The van der Waals surface area contributed by atoms with Crippen LogP contribution in [0.1, 0.15) is 31.5 Å². The van der Waals surface area contributed by atoms with Crippen molar-refractivity contribution in [3.05, 3.63) is 65.9 Å². The number of hydrogen-bond donors (Lipinski definition) is 2. The van der Waals surface area contributed by atoms with E-state index in [2.05, 4.69) is 24.5 Å². The van der Waals surface area contributed by atoms with Crippen LogP contribution >= 0.6 is 11.6 Å². The van der Waals surface area contributed by atoms with Crippen LogP contribution < -0.4 is 10.6 Å². The number of nitrogens with zero attached hydrogens (tertiary/aromatic N) is 3. The van der Waals surface area contributed by atoms with Gasteiger partial charge in [0.15, 0.2) is 5.82 Å². The summed E-state index contributed by atoms with van der Waals surface area (Å²) < 4.78 is 15.3. The second-order valence-electron chi connectivity index (χ2n) is 7.49. The molecular formula is C22H27ClFN5OU. The molecule has 1 aromatic heterocycles. The van der Waals surface area contributed by atoms with Gasteiger partial charge in [0.1, 0.15) is 5.82 Å². The summed E-state index contributed by atoms with van der Waals surface area (Å²) in [5, 5.41) is 10.8. The van der Waals surface area contributed by atoms with Crippen LogP contribution in [-0.2, 0) is 13.1 Å². The number of halogens is 2. The molecule has 0 saturated heterocycles. The summed E-state index contributed by atoms with van der Waals surface area (Å²) in [7, 11) is 0. The summed E-state index contributed by atoms with van der Waals surface area (Å²) in [6.45, 7) is 14.9. The van der Waals surface area contributed by atoms with E-state index in [9.17, 15) is 9.18 Å². The molecule has 164 valence electrons. The Labute approximate surface area is 212 Å². The van der Waals surface area contributed by atoms with Crippen molar-refractivity contribution in [3.8, 4) is 0 Å². The van der Waals surface area contributed by atoms with Gasteiger partial charge in [0.2, 0.25) is 0 Å². The number of carbonyl (C=O) groups excluding carboxylic acids is 1. The first-order valence-corrected chi connectivity index (χ1v) is 10.3. The van der Waals surface area contributed by atoms with Gasteiger partial charge in [-0.2, -0.15) is 11.0 Å². The number of benzene rings is 1. The molecule has 9 heteroatoms. The van der Waals surface area contributed by atoms with E-state index in [0.29, 0.717) is 25.2 Å². The first kappa shape index (κ1) is 25.8. The van der Waals surface area contributed by atoms with Gasteiger partial charge in [0.25, 0.3) is 0 Å². The maximum atomic E-state index is 13.4. The van der Waals surface area contributed by atoms with E-state index in [4.69, 9.17) is 16.7 Å². The molecule has 1 aromatic carbocycles. The normalized spacial score (nSPS) is 16.9. The maximum Gasteiger partial charge on any atom is 2.00 e. The Balaban J connectivity index is 0.00000341. The van der Waals surface area contributed by atoms with Crippen LogP contribution in [-0.4, -0.2) is 26.8 Å². The largest absolute Gasteiger partial charge is 2.00 e. The van der Waals surface area contributed by atoms with Crippen LogP contribution in [0.5, 0.6) is 0 Å². The summed E-state index contributed by atoms with van der Waals surface area (Å²) in [6, 6.07) is 3.78. The summed E-state index contributed by atoms with van der Waals surface area (Å²) in [5.41, 5.74) is 3.37. The number of allylic oxidation sites excluding steroid dienone is 2. The number of carbonyl (C=O) groups is 1. The smallest absolute Gasteiger partial charge is 0.345 e. The first-order valence-electron chi connectivity index (χ1n) is 9.89. The summed E-state index contributed by atoms with van der Waals surface area (Å²) in [5.74, 6) is 0.293. The van der Waals surface area contributed by atoms with Crippen molar-refractivity contribution in [1.29, 1.82) is 0 Å². The summed E-state index contributed by atoms with van der Waals surface area (Å²) in [6.07, 6.45) is 2.66. The van der Waals surface area contributed by atoms with Crippen molar-refractivity contribution in [2.24, 2.45) is 5.92 Å². The van der Waals surface area contributed by atoms with Crippen LogP contribution in [0.15, 0.2) is 30.0 Å². The fourth-order valence-electron chi connectivity index (χ4n) is 3.47. The second kappa shape index (κ2) is 10.9. The first-order chi connectivity index (χ1) is 14.2. The molecule has 1 aliphatic rings. The topological polar surface area (TPSA) is 62.2 Å². The molecule has 2 heterocycles. The molecule has 0 fully saturated rings. The number of fused-ring (bicyclic) bond motifs is 1. The van der Waals surface area contributed by atoms with Crippen molar-refractivity contribution in [1.82, 2.24) is 14.7 Å². The standard InChI is InChI=1S/C22H27ClFN5O.U/c1-6-13(3)19(7-2)26-21-15(5)20-12-28(14(4)11-29(20)27-21)22(30)25-16-8-9-18(24)17(23)10-16;/h7-10,13-14H,1,3,6,11-12H2,2,4-5H3,(H,25,30)(H,26,27);/q-2;+2/b19-7+;. The molecule has 2 amide bonds. The molecule has 1 aliphatic heterocycles. The quantitative estimate of drug-likeness (QED) is 0.419. The van der Waals surface area contributed by atoms with Crippen LogP contribution in [0, 0.1) is 63.6 Å². The molecule has 3 rings (SSSR count). The van der Waals surface area contributed by atoms with Gasteiger partial charge in [-0.3, -0.25) is 4.68 Å². The minimum absolute atomic E-state index is 0. The van der Waals surface area contributed by atoms with Gasteiger partial charge in [-0.25, -0.2) is 15.6 Å². The van der Waals surface area contributed by atoms with Gasteiger partial charge in [0.05, 0.1) is 29.8 Å². The minimum Gasteiger partial charge on any atom is -0.345 e. The summed E-state index contributed by atoms with van der Waals surface area (Å²) >= 11 is 5.82. The van der Waals surface area contributed by atoms with Crippen molar-refractivity contribution in [2.75, 3.05) is 10.6 Å². The van der Waals surface area contributed by atoms with Crippen LogP contribution in [0.2, 0.25) is 5.02 Å². The molecule has 2 N–H and O–H groups in total. The van der Waals surface area contributed by atoms with Gasteiger partial charge in [-0.15, -0.1) is 0 Å². The van der Waals surface area contributed by atoms with E-state index in [1.807, 2.05) is 31.5 Å². The fraction of sp³-hybridized carbons (Fsp3) is 0.364. The third kappa shape index (κ3) is 5.66. The Bertz CT molecular complexity index is 977. The molecule has 0 spiro atoms. The number of aromatic nitrogens is 2. The van der Waals surface area contributed by atoms with E-state index in [-0.39, 0.29) is 54.1 Å². The number of rotatable bonds is 5. The van der Waals surface area contributed by atoms with Gasteiger partial charge in [-0.1, -0.05) is 17.7 Å². The average Bonchev–Trinajstić information content (AvgIpc) is 3.01. The number of nitrogens with one attached hydrogen (secondary N) is 2. The van der Waals surface area contributed by atoms with Gasteiger partial charge in [0, 0.05) is 11.3 Å². The van der Waals surface area contributed by atoms with E-state index >= 15 is 0 Å². The number of urea groups is 1. The van der Waals surface area contributed by atoms with Gasteiger partial charge >= 0.3 is 37.1 Å². The van der Waals surface area contributed by atoms with E-state index < -0.39 is 5.82 Å². The zero-order valence-electron chi connectivity index (χ0n) is 18.0. The van der Waals surface area contributed by atoms with Gasteiger partial charge < -0.3 is 29.4 Å². The van der Waals surface area contributed by atoms with Crippen LogP contribution in [0.3, 0.4) is 0 Å². The third-order valence-corrected chi connectivity index (χ3v) is 5.69. The maximum absolute atomic E-state index is 13.4. The Morgan fingerprint density at radius 1 is 1.45 bits per heavy atom. The monoisotopic (exact) mass is 669 g/mol. The fourth-order valence-corrected chi connectivity index (χ4v) is 3.65. The number of anilines is 2. The Morgan fingerprint density at radius 2 is 2.16 bits per heavy atom. The average molecular weight is 670 g/mol. The van der Waals surface area contributed by atoms with Crippen molar-refractivity contribution in [3.63, 3.8) is 0 Å².